The largest absolute Gasteiger partial charge is 0.391 e. The van der Waals surface area contributed by atoms with E-state index in [1.165, 1.54) is 12.8 Å². The van der Waals surface area contributed by atoms with Crippen molar-refractivity contribution in [1.82, 2.24) is 10.2 Å². The van der Waals surface area contributed by atoms with Crippen LogP contribution in [0.15, 0.2) is 0 Å². The van der Waals surface area contributed by atoms with E-state index >= 15 is 0 Å². The lowest BCUT2D eigenvalue weighted by atomic mass is 10.1. The van der Waals surface area contributed by atoms with Crippen LogP contribution < -0.4 is 5.32 Å². The van der Waals surface area contributed by atoms with Gasteiger partial charge in [-0.3, -0.25) is 0 Å². The average molecular weight is 184 g/mol. The molecule has 0 radical (unpaired) electrons. The molecule has 3 heteroatoms. The SMILES string of the molecule is CN(CCC1NCCC1O)C1CC1. The first-order chi connectivity index (χ1) is 6.27. The van der Waals surface area contributed by atoms with Gasteiger partial charge in [-0.15, -0.1) is 0 Å². The predicted molar refractivity (Wildman–Crippen MR) is 52.7 cm³/mol. The molecule has 0 bridgehead atoms. The van der Waals surface area contributed by atoms with Crippen molar-refractivity contribution in [3.8, 4) is 0 Å². The van der Waals surface area contributed by atoms with Crippen molar-refractivity contribution < 1.29 is 5.11 Å². The highest BCUT2D eigenvalue weighted by atomic mass is 16.3. The maximum atomic E-state index is 9.58. The Morgan fingerprint density at radius 2 is 2.15 bits per heavy atom. The van der Waals surface area contributed by atoms with Crippen LogP contribution in [0.1, 0.15) is 25.7 Å². The Labute approximate surface area is 80.1 Å². The van der Waals surface area contributed by atoms with E-state index in [1.807, 2.05) is 0 Å². The summed E-state index contributed by atoms with van der Waals surface area (Å²) in [5.74, 6) is 0. The molecular formula is C10H20N2O. The molecule has 0 amide bonds. The van der Waals surface area contributed by atoms with Crippen LogP contribution in [0, 0.1) is 0 Å². The lowest BCUT2D eigenvalue weighted by molar-refractivity contribution is 0.147. The molecule has 2 N–H and O–H groups in total. The molecule has 1 saturated heterocycles. The van der Waals surface area contributed by atoms with Crippen LogP contribution in [-0.2, 0) is 0 Å². The Bertz CT molecular complexity index is 170. The summed E-state index contributed by atoms with van der Waals surface area (Å²) >= 11 is 0. The van der Waals surface area contributed by atoms with Gasteiger partial charge in [-0.05, 0) is 45.8 Å². The van der Waals surface area contributed by atoms with Gasteiger partial charge in [0, 0.05) is 12.1 Å². The van der Waals surface area contributed by atoms with E-state index in [0.29, 0.717) is 6.04 Å². The summed E-state index contributed by atoms with van der Waals surface area (Å²) < 4.78 is 0. The van der Waals surface area contributed by atoms with Gasteiger partial charge in [0.1, 0.15) is 0 Å². The summed E-state index contributed by atoms with van der Waals surface area (Å²) in [5, 5.41) is 12.9. The van der Waals surface area contributed by atoms with Gasteiger partial charge in [0.25, 0.3) is 0 Å². The number of nitrogens with one attached hydrogen (secondary N) is 1. The van der Waals surface area contributed by atoms with Gasteiger partial charge in [0.2, 0.25) is 0 Å². The van der Waals surface area contributed by atoms with Crippen LogP contribution >= 0.6 is 0 Å². The van der Waals surface area contributed by atoms with E-state index in [4.69, 9.17) is 0 Å². The van der Waals surface area contributed by atoms with Crippen molar-refractivity contribution in [2.45, 2.75) is 43.9 Å². The molecule has 76 valence electrons. The van der Waals surface area contributed by atoms with Crippen LogP contribution in [0.5, 0.6) is 0 Å². The molecule has 1 aliphatic heterocycles. The standard InChI is InChI=1S/C10H20N2O/c1-12(8-2-3-8)7-5-9-10(13)4-6-11-9/h8-11,13H,2-7H2,1H3. The van der Waals surface area contributed by atoms with Gasteiger partial charge in [-0.2, -0.15) is 0 Å². The third kappa shape index (κ3) is 2.42. The van der Waals surface area contributed by atoms with Crippen LogP contribution in [-0.4, -0.2) is 48.3 Å². The van der Waals surface area contributed by atoms with E-state index in [0.717, 1.165) is 32.0 Å². The first kappa shape index (κ1) is 9.44. The maximum Gasteiger partial charge on any atom is 0.0705 e. The molecule has 0 spiro atoms. The first-order valence-corrected chi connectivity index (χ1v) is 5.39. The van der Waals surface area contributed by atoms with Crippen molar-refractivity contribution in [1.29, 1.82) is 0 Å². The van der Waals surface area contributed by atoms with E-state index in [2.05, 4.69) is 17.3 Å². The third-order valence-electron chi connectivity index (χ3n) is 3.27. The van der Waals surface area contributed by atoms with E-state index in [1.54, 1.807) is 0 Å². The maximum absolute atomic E-state index is 9.58. The minimum atomic E-state index is -0.104. The Kier molecular flexibility index (Phi) is 2.86. The summed E-state index contributed by atoms with van der Waals surface area (Å²) in [6.45, 7) is 2.11. The monoisotopic (exact) mass is 184 g/mol. The number of nitrogens with zero attached hydrogens (tertiary/aromatic N) is 1. The number of hydrogen-bond acceptors (Lipinski definition) is 3. The molecule has 2 aliphatic rings. The fraction of sp³-hybridized carbons (Fsp3) is 1.00. The molecule has 2 fully saturated rings. The zero-order valence-corrected chi connectivity index (χ0v) is 8.37. The lowest BCUT2D eigenvalue weighted by Crippen LogP contribution is -2.34. The zero-order valence-electron chi connectivity index (χ0n) is 8.37. The van der Waals surface area contributed by atoms with E-state index in [-0.39, 0.29) is 6.10 Å². The zero-order chi connectivity index (χ0) is 9.26. The molecule has 1 saturated carbocycles. The third-order valence-corrected chi connectivity index (χ3v) is 3.27. The predicted octanol–water partition coefficient (Wildman–Crippen LogP) is 0.193. The Hall–Kier alpha value is -0.120. The summed E-state index contributed by atoms with van der Waals surface area (Å²) in [6.07, 6.45) is 4.66. The molecule has 2 unspecified atom stereocenters. The van der Waals surface area contributed by atoms with Gasteiger partial charge < -0.3 is 15.3 Å². The van der Waals surface area contributed by atoms with Crippen LogP contribution in [0.25, 0.3) is 0 Å². The molecule has 0 aromatic carbocycles. The molecule has 0 aromatic heterocycles. The molecule has 1 aliphatic carbocycles. The minimum Gasteiger partial charge on any atom is -0.391 e. The van der Waals surface area contributed by atoms with Crippen molar-refractivity contribution in [2.75, 3.05) is 20.1 Å². The second-order valence-electron chi connectivity index (χ2n) is 4.42. The highest BCUT2D eigenvalue weighted by Crippen LogP contribution is 2.25. The minimum absolute atomic E-state index is 0.104. The average Bonchev–Trinajstić information content (AvgIpc) is 2.88. The van der Waals surface area contributed by atoms with Gasteiger partial charge in [-0.1, -0.05) is 0 Å². The van der Waals surface area contributed by atoms with E-state index in [9.17, 15) is 5.11 Å². The van der Waals surface area contributed by atoms with Gasteiger partial charge in [0.15, 0.2) is 0 Å². The number of aliphatic hydroxyl groups is 1. The molecule has 2 atom stereocenters. The van der Waals surface area contributed by atoms with Crippen molar-refractivity contribution in [3.05, 3.63) is 0 Å². The highest BCUT2D eigenvalue weighted by Gasteiger charge is 2.28. The second-order valence-corrected chi connectivity index (χ2v) is 4.42. The summed E-state index contributed by atoms with van der Waals surface area (Å²) in [4.78, 5) is 2.42. The Balaban J connectivity index is 1.66. The first-order valence-electron chi connectivity index (χ1n) is 5.39. The number of hydrogen-bond donors (Lipinski definition) is 2. The van der Waals surface area contributed by atoms with Crippen LogP contribution in [0.4, 0.5) is 0 Å². The van der Waals surface area contributed by atoms with Gasteiger partial charge in [0.05, 0.1) is 6.10 Å². The summed E-state index contributed by atoms with van der Waals surface area (Å²) in [7, 11) is 2.19. The lowest BCUT2D eigenvalue weighted by Gasteiger charge is -2.20. The quantitative estimate of drug-likeness (QED) is 0.655. The van der Waals surface area contributed by atoms with Gasteiger partial charge in [-0.25, -0.2) is 0 Å². The molecule has 3 nitrogen and oxygen atoms in total. The second kappa shape index (κ2) is 3.95. The fourth-order valence-corrected chi connectivity index (χ4v) is 2.09. The number of rotatable bonds is 4. The van der Waals surface area contributed by atoms with Crippen LogP contribution in [0.2, 0.25) is 0 Å². The van der Waals surface area contributed by atoms with Crippen LogP contribution in [0.3, 0.4) is 0 Å². The Morgan fingerprint density at radius 3 is 2.69 bits per heavy atom. The van der Waals surface area contributed by atoms with Gasteiger partial charge >= 0.3 is 0 Å². The topological polar surface area (TPSA) is 35.5 Å². The summed E-state index contributed by atoms with van der Waals surface area (Å²) in [5.41, 5.74) is 0. The molecule has 1 heterocycles. The molecule has 2 rings (SSSR count). The normalized spacial score (nSPS) is 34.4. The smallest absolute Gasteiger partial charge is 0.0705 e. The highest BCUT2D eigenvalue weighted by molar-refractivity contribution is 4.87. The fourth-order valence-electron chi connectivity index (χ4n) is 2.09. The molecule has 13 heavy (non-hydrogen) atoms. The molecule has 0 aromatic rings. The summed E-state index contributed by atoms with van der Waals surface area (Å²) in [6, 6.07) is 1.19. The van der Waals surface area contributed by atoms with E-state index < -0.39 is 0 Å². The van der Waals surface area contributed by atoms with Crippen molar-refractivity contribution >= 4 is 0 Å². The van der Waals surface area contributed by atoms with Crippen molar-refractivity contribution in [3.63, 3.8) is 0 Å². The number of aliphatic hydroxyl groups excluding tert-OH is 1. The Morgan fingerprint density at radius 1 is 1.38 bits per heavy atom. The van der Waals surface area contributed by atoms with Crippen molar-refractivity contribution in [2.24, 2.45) is 0 Å². The molecular weight excluding hydrogens is 164 g/mol.